The number of ether oxygens (including phenoxy) is 1. The van der Waals surface area contributed by atoms with Gasteiger partial charge in [-0.25, -0.2) is 0 Å². The summed E-state index contributed by atoms with van der Waals surface area (Å²) in [6.45, 7) is 4.52. The summed E-state index contributed by atoms with van der Waals surface area (Å²) in [5.74, 6) is 0.931. The topological polar surface area (TPSA) is 24.5 Å². The summed E-state index contributed by atoms with van der Waals surface area (Å²) >= 11 is 0. The summed E-state index contributed by atoms with van der Waals surface area (Å²) in [7, 11) is 3.95. The van der Waals surface area contributed by atoms with Crippen LogP contribution < -0.4 is 10.1 Å². The van der Waals surface area contributed by atoms with Crippen molar-refractivity contribution < 1.29 is 4.74 Å². The molecule has 1 aromatic rings. The number of hydrogen-bond acceptors (Lipinski definition) is 3. The zero-order valence-corrected chi connectivity index (χ0v) is 12.4. The van der Waals surface area contributed by atoms with Crippen molar-refractivity contribution in [3.63, 3.8) is 0 Å². The minimum Gasteiger partial charge on any atom is -0.497 e. The Balaban J connectivity index is 1.87. The third kappa shape index (κ3) is 3.95. The molecule has 1 fully saturated rings. The molecule has 2 unspecified atom stereocenters. The van der Waals surface area contributed by atoms with E-state index >= 15 is 0 Å². The minimum atomic E-state index is 0.366. The smallest absolute Gasteiger partial charge is 0.119 e. The van der Waals surface area contributed by atoms with Gasteiger partial charge in [-0.2, -0.15) is 0 Å². The van der Waals surface area contributed by atoms with Gasteiger partial charge in [-0.3, -0.25) is 0 Å². The molecule has 1 N–H and O–H groups in total. The first-order valence-corrected chi connectivity index (χ1v) is 7.28. The SMILES string of the molecule is COc1cccc(C(C)NCC2CCCCN2C)c1. The van der Waals surface area contributed by atoms with E-state index < -0.39 is 0 Å². The van der Waals surface area contributed by atoms with Crippen molar-refractivity contribution in [3.8, 4) is 5.75 Å². The van der Waals surface area contributed by atoms with E-state index in [9.17, 15) is 0 Å². The molecule has 1 aliphatic heterocycles. The number of nitrogens with zero attached hydrogens (tertiary/aromatic N) is 1. The molecule has 0 saturated carbocycles. The van der Waals surface area contributed by atoms with E-state index in [0.717, 1.165) is 12.3 Å². The molecule has 1 aliphatic rings. The molecule has 0 bridgehead atoms. The highest BCUT2D eigenvalue weighted by atomic mass is 16.5. The van der Waals surface area contributed by atoms with Crippen LogP contribution in [0.4, 0.5) is 0 Å². The molecular formula is C16H26N2O. The number of methoxy groups -OCH3 is 1. The van der Waals surface area contributed by atoms with Crippen molar-refractivity contribution in [1.29, 1.82) is 0 Å². The van der Waals surface area contributed by atoms with Crippen LogP contribution in [0.5, 0.6) is 5.75 Å². The Morgan fingerprint density at radius 2 is 2.26 bits per heavy atom. The highest BCUT2D eigenvalue weighted by Gasteiger charge is 2.19. The van der Waals surface area contributed by atoms with Crippen LogP contribution in [0, 0.1) is 0 Å². The maximum Gasteiger partial charge on any atom is 0.119 e. The van der Waals surface area contributed by atoms with Crippen molar-refractivity contribution in [1.82, 2.24) is 10.2 Å². The van der Waals surface area contributed by atoms with Gasteiger partial charge in [-0.15, -0.1) is 0 Å². The molecule has 0 radical (unpaired) electrons. The van der Waals surface area contributed by atoms with Gasteiger partial charge in [-0.1, -0.05) is 18.6 Å². The predicted octanol–water partition coefficient (Wildman–Crippen LogP) is 2.83. The summed E-state index contributed by atoms with van der Waals surface area (Å²) in [5, 5.41) is 3.65. The van der Waals surface area contributed by atoms with Gasteiger partial charge in [0.2, 0.25) is 0 Å². The van der Waals surface area contributed by atoms with Gasteiger partial charge in [0.25, 0.3) is 0 Å². The average molecular weight is 262 g/mol. The third-order valence-electron chi connectivity index (χ3n) is 4.17. The molecule has 0 aromatic heterocycles. The summed E-state index contributed by atoms with van der Waals surface area (Å²) in [5.41, 5.74) is 1.29. The van der Waals surface area contributed by atoms with E-state index in [-0.39, 0.29) is 0 Å². The van der Waals surface area contributed by atoms with Gasteiger partial charge >= 0.3 is 0 Å². The van der Waals surface area contributed by atoms with Crippen LogP contribution in [0.25, 0.3) is 0 Å². The van der Waals surface area contributed by atoms with E-state index in [1.165, 1.54) is 31.4 Å². The second-order valence-corrected chi connectivity index (χ2v) is 5.54. The van der Waals surface area contributed by atoms with Crippen LogP contribution in [0.2, 0.25) is 0 Å². The Bertz CT molecular complexity index is 394. The fourth-order valence-electron chi connectivity index (χ4n) is 2.74. The zero-order valence-electron chi connectivity index (χ0n) is 12.4. The van der Waals surface area contributed by atoms with Gasteiger partial charge in [0.15, 0.2) is 0 Å². The van der Waals surface area contributed by atoms with Crippen LogP contribution in [-0.2, 0) is 0 Å². The van der Waals surface area contributed by atoms with Gasteiger partial charge in [-0.05, 0) is 51.1 Å². The predicted molar refractivity (Wildman–Crippen MR) is 79.7 cm³/mol. The Hall–Kier alpha value is -1.06. The number of likely N-dealkylation sites (N-methyl/N-ethyl adjacent to an activating group) is 1. The molecule has 1 aromatic carbocycles. The fourth-order valence-corrected chi connectivity index (χ4v) is 2.74. The van der Waals surface area contributed by atoms with Gasteiger partial charge in [0.05, 0.1) is 7.11 Å². The van der Waals surface area contributed by atoms with Crippen molar-refractivity contribution in [2.24, 2.45) is 0 Å². The lowest BCUT2D eigenvalue weighted by atomic mass is 10.0. The van der Waals surface area contributed by atoms with Crippen molar-refractivity contribution >= 4 is 0 Å². The number of rotatable bonds is 5. The van der Waals surface area contributed by atoms with Crippen molar-refractivity contribution in [2.45, 2.75) is 38.3 Å². The summed E-state index contributed by atoms with van der Waals surface area (Å²) < 4.78 is 5.28. The maximum atomic E-state index is 5.28. The minimum absolute atomic E-state index is 0.366. The zero-order chi connectivity index (χ0) is 13.7. The number of hydrogen-bond donors (Lipinski definition) is 1. The van der Waals surface area contributed by atoms with E-state index in [4.69, 9.17) is 4.74 Å². The molecule has 1 saturated heterocycles. The van der Waals surface area contributed by atoms with E-state index in [1.54, 1.807) is 7.11 Å². The van der Waals surface area contributed by atoms with Gasteiger partial charge in [0.1, 0.15) is 5.75 Å². The molecule has 3 heteroatoms. The number of likely N-dealkylation sites (tertiary alicyclic amines) is 1. The van der Waals surface area contributed by atoms with Gasteiger partial charge in [0, 0.05) is 18.6 Å². The summed E-state index contributed by atoms with van der Waals surface area (Å²) in [6.07, 6.45) is 4.02. The first-order chi connectivity index (χ1) is 9.20. The summed E-state index contributed by atoms with van der Waals surface area (Å²) in [6, 6.07) is 9.37. The van der Waals surface area contributed by atoms with Crippen LogP contribution in [0.3, 0.4) is 0 Å². The standard InChI is InChI=1S/C16H26N2O/c1-13(14-7-6-9-16(11-14)19-3)17-12-15-8-4-5-10-18(15)2/h6-7,9,11,13,15,17H,4-5,8,10,12H2,1-3H3. The molecule has 3 nitrogen and oxygen atoms in total. The first kappa shape index (κ1) is 14.4. The number of piperidine rings is 1. The molecule has 2 atom stereocenters. The Kier molecular flexibility index (Phi) is 5.23. The molecular weight excluding hydrogens is 236 g/mol. The molecule has 0 spiro atoms. The normalized spacial score (nSPS) is 22.2. The lowest BCUT2D eigenvalue weighted by Crippen LogP contribution is -2.43. The molecule has 19 heavy (non-hydrogen) atoms. The third-order valence-corrected chi connectivity index (χ3v) is 4.17. The largest absolute Gasteiger partial charge is 0.497 e. The van der Waals surface area contributed by atoms with Crippen LogP contribution in [-0.4, -0.2) is 38.2 Å². The van der Waals surface area contributed by atoms with E-state index in [1.807, 2.05) is 6.07 Å². The fraction of sp³-hybridized carbons (Fsp3) is 0.625. The molecule has 2 rings (SSSR count). The Labute approximate surface area is 116 Å². The lowest BCUT2D eigenvalue weighted by molar-refractivity contribution is 0.178. The first-order valence-electron chi connectivity index (χ1n) is 7.28. The second kappa shape index (κ2) is 6.92. The molecule has 0 aliphatic carbocycles. The van der Waals surface area contributed by atoms with Crippen LogP contribution >= 0.6 is 0 Å². The Morgan fingerprint density at radius 3 is 3.00 bits per heavy atom. The van der Waals surface area contributed by atoms with E-state index in [0.29, 0.717) is 12.1 Å². The van der Waals surface area contributed by atoms with Gasteiger partial charge < -0.3 is 15.0 Å². The molecule has 0 amide bonds. The van der Waals surface area contributed by atoms with Crippen LogP contribution in [0.1, 0.15) is 37.8 Å². The number of nitrogens with one attached hydrogen (secondary N) is 1. The lowest BCUT2D eigenvalue weighted by Gasteiger charge is -2.33. The van der Waals surface area contributed by atoms with Crippen LogP contribution in [0.15, 0.2) is 24.3 Å². The average Bonchev–Trinajstić information content (AvgIpc) is 2.46. The quantitative estimate of drug-likeness (QED) is 0.883. The van der Waals surface area contributed by atoms with Crippen molar-refractivity contribution in [2.75, 3.05) is 27.2 Å². The Morgan fingerprint density at radius 1 is 1.42 bits per heavy atom. The highest BCUT2D eigenvalue weighted by Crippen LogP contribution is 2.20. The van der Waals surface area contributed by atoms with Crippen molar-refractivity contribution in [3.05, 3.63) is 29.8 Å². The molecule has 106 valence electrons. The van der Waals surface area contributed by atoms with E-state index in [2.05, 4.69) is 42.4 Å². The number of benzene rings is 1. The maximum absolute atomic E-state index is 5.28. The molecule has 1 heterocycles. The highest BCUT2D eigenvalue weighted by molar-refractivity contribution is 5.30. The monoisotopic (exact) mass is 262 g/mol. The second-order valence-electron chi connectivity index (χ2n) is 5.54. The summed E-state index contributed by atoms with van der Waals surface area (Å²) in [4.78, 5) is 2.48.